The molecule has 0 fully saturated rings. The van der Waals surface area contributed by atoms with E-state index in [1.54, 1.807) is 0 Å². The van der Waals surface area contributed by atoms with Crippen molar-refractivity contribution in [2.45, 2.75) is 45.3 Å². The van der Waals surface area contributed by atoms with Gasteiger partial charge in [0, 0.05) is 0 Å². The summed E-state index contributed by atoms with van der Waals surface area (Å²) >= 11 is 0. The van der Waals surface area contributed by atoms with E-state index in [0.717, 1.165) is 0 Å². The van der Waals surface area contributed by atoms with Crippen LogP contribution in [0.3, 0.4) is 0 Å². The number of aldehydes is 1. The third-order valence-corrected chi connectivity index (χ3v) is 3.76. The Bertz CT molecular complexity index is 366. The topological polar surface area (TPSA) is 52.3 Å². The fourth-order valence-corrected chi connectivity index (χ4v) is 1.99. The predicted octanol–water partition coefficient (Wildman–Crippen LogP) is 2.04. The molecular formula is C11H19NO3Si. The second-order valence-electron chi connectivity index (χ2n) is 5.56. The van der Waals surface area contributed by atoms with Gasteiger partial charge in [0.05, 0.1) is 0 Å². The maximum atomic E-state index is 10.5. The van der Waals surface area contributed by atoms with Crippen molar-refractivity contribution in [1.29, 1.82) is 0 Å². The van der Waals surface area contributed by atoms with E-state index in [-0.39, 0.29) is 5.04 Å². The Kier molecular flexibility index (Phi) is 3.70. The van der Waals surface area contributed by atoms with Gasteiger partial charge in [0.25, 0.3) is 0 Å². The summed E-state index contributed by atoms with van der Waals surface area (Å²) in [4.78, 5) is 14.6. The average molecular weight is 241 g/mol. The van der Waals surface area contributed by atoms with E-state index in [2.05, 4.69) is 25.8 Å². The van der Waals surface area contributed by atoms with E-state index < -0.39 is 15.4 Å². The second kappa shape index (κ2) is 4.51. The van der Waals surface area contributed by atoms with Crippen LogP contribution < -0.4 is 0 Å². The molecule has 0 bridgehead atoms. The highest BCUT2D eigenvalue weighted by Gasteiger charge is 2.29. The number of oxazole rings is 1. The zero-order valence-corrected chi connectivity index (χ0v) is 11.9. The summed E-state index contributed by atoms with van der Waals surface area (Å²) in [6, 6.07) is 0. The lowest BCUT2D eigenvalue weighted by molar-refractivity contribution is 0.0767. The Morgan fingerprint density at radius 2 is 2.00 bits per heavy atom. The molecule has 0 amide bonds. The van der Waals surface area contributed by atoms with Crippen LogP contribution in [0.2, 0.25) is 5.04 Å². The molecule has 16 heavy (non-hydrogen) atoms. The van der Waals surface area contributed by atoms with Gasteiger partial charge in [-0.3, -0.25) is 4.79 Å². The molecule has 0 radical (unpaired) electrons. The fourth-order valence-electron chi connectivity index (χ4n) is 1.08. The van der Waals surface area contributed by atoms with Crippen molar-refractivity contribution in [1.82, 2.24) is 4.98 Å². The number of hydrogen-bond acceptors (Lipinski definition) is 4. The Balaban J connectivity index is 2.73. The summed E-state index contributed by atoms with van der Waals surface area (Å²) in [5, 5.41) is 0.220. The maximum absolute atomic E-state index is 10.5. The van der Waals surface area contributed by atoms with E-state index in [4.69, 9.17) is 8.84 Å². The molecule has 1 aromatic heterocycles. The number of carbonyl (C=O) groups is 1. The molecular weight excluding hydrogens is 222 g/mol. The van der Waals surface area contributed by atoms with Gasteiger partial charge in [-0.15, -0.1) is 0 Å². The third-order valence-electron chi connectivity index (χ3n) is 2.02. The summed E-state index contributed by atoms with van der Waals surface area (Å²) < 4.78 is 11.1. The van der Waals surface area contributed by atoms with Gasteiger partial charge >= 0.3 is 0 Å². The van der Waals surface area contributed by atoms with Crippen LogP contribution >= 0.6 is 0 Å². The zero-order chi connectivity index (χ0) is 12.4. The number of nitrogens with zero attached hydrogens (tertiary/aromatic N) is 1. The van der Waals surface area contributed by atoms with Crippen LogP contribution in [-0.4, -0.2) is 21.0 Å². The molecule has 0 aliphatic rings. The van der Waals surface area contributed by atoms with Crippen LogP contribution in [0, 0.1) is 0 Å². The van der Waals surface area contributed by atoms with Crippen molar-refractivity contribution in [3.05, 3.63) is 17.8 Å². The monoisotopic (exact) mass is 241 g/mol. The first kappa shape index (κ1) is 13.1. The van der Waals surface area contributed by atoms with Gasteiger partial charge in [-0.05, 0) is 18.9 Å². The Labute approximate surface area is 98.3 Å². The molecule has 4 nitrogen and oxygen atoms in total. The smallest absolute Gasteiger partial charge is 0.225 e. The number of hydrogen-bond donors (Lipinski definition) is 0. The van der Waals surface area contributed by atoms with Crippen molar-refractivity contribution >= 4 is 16.0 Å². The van der Waals surface area contributed by atoms with Crippen LogP contribution in [-0.2, 0) is 10.0 Å². The van der Waals surface area contributed by atoms with Crippen molar-refractivity contribution in [2.75, 3.05) is 0 Å². The SMILES string of the molecule is CC(C)(C)[SiH2]OC(C)(C)c1nc(C=O)co1. The number of carbonyl (C=O) groups excluding carboxylic acids is 1. The van der Waals surface area contributed by atoms with Gasteiger partial charge < -0.3 is 8.84 Å². The second-order valence-corrected chi connectivity index (χ2v) is 8.25. The molecule has 1 heterocycles. The molecule has 0 unspecified atom stereocenters. The summed E-state index contributed by atoms with van der Waals surface area (Å²) in [6.07, 6.45) is 2.02. The van der Waals surface area contributed by atoms with Crippen molar-refractivity contribution in [3.8, 4) is 0 Å². The molecule has 0 saturated heterocycles. The lowest BCUT2D eigenvalue weighted by Crippen LogP contribution is -2.28. The molecule has 0 atom stereocenters. The molecule has 0 spiro atoms. The Hall–Kier alpha value is -0.943. The van der Waals surface area contributed by atoms with Gasteiger partial charge in [-0.25, -0.2) is 4.98 Å². The van der Waals surface area contributed by atoms with Crippen LogP contribution in [0.25, 0.3) is 0 Å². The minimum Gasteiger partial charge on any atom is -0.445 e. The Morgan fingerprint density at radius 3 is 2.44 bits per heavy atom. The molecule has 0 N–H and O–H groups in total. The van der Waals surface area contributed by atoms with E-state index in [0.29, 0.717) is 17.9 Å². The molecule has 0 aliphatic heterocycles. The molecule has 90 valence electrons. The highest BCUT2D eigenvalue weighted by atomic mass is 28.2. The van der Waals surface area contributed by atoms with Gasteiger partial charge in [-0.1, -0.05) is 20.8 Å². The van der Waals surface area contributed by atoms with Gasteiger partial charge in [-0.2, -0.15) is 0 Å². The van der Waals surface area contributed by atoms with Crippen molar-refractivity contribution in [3.63, 3.8) is 0 Å². The molecule has 0 aromatic carbocycles. The molecule has 0 saturated carbocycles. The summed E-state index contributed by atoms with van der Waals surface area (Å²) in [5.74, 6) is 0.464. The number of rotatable bonds is 4. The van der Waals surface area contributed by atoms with E-state index in [1.807, 2.05) is 13.8 Å². The zero-order valence-electron chi connectivity index (χ0n) is 10.5. The van der Waals surface area contributed by atoms with E-state index in [9.17, 15) is 4.79 Å². The van der Waals surface area contributed by atoms with Crippen LogP contribution in [0.15, 0.2) is 10.7 Å². The first-order valence-electron chi connectivity index (χ1n) is 5.30. The first-order chi connectivity index (χ1) is 7.24. The molecule has 5 heteroatoms. The normalized spacial score (nSPS) is 13.6. The third kappa shape index (κ3) is 3.57. The van der Waals surface area contributed by atoms with Crippen LogP contribution in [0.4, 0.5) is 0 Å². The first-order valence-corrected chi connectivity index (χ1v) is 6.58. The fraction of sp³-hybridized carbons (Fsp3) is 0.636. The van der Waals surface area contributed by atoms with Crippen molar-refractivity contribution in [2.24, 2.45) is 0 Å². The summed E-state index contributed by atoms with van der Waals surface area (Å²) in [7, 11) is -0.684. The highest BCUT2D eigenvalue weighted by molar-refractivity contribution is 6.31. The maximum Gasteiger partial charge on any atom is 0.225 e. The largest absolute Gasteiger partial charge is 0.445 e. The lowest BCUT2D eigenvalue weighted by atomic mass is 10.1. The van der Waals surface area contributed by atoms with E-state index >= 15 is 0 Å². The van der Waals surface area contributed by atoms with Gasteiger partial charge in [0.1, 0.15) is 17.6 Å². The van der Waals surface area contributed by atoms with Gasteiger partial charge in [0.2, 0.25) is 5.89 Å². The summed E-state index contributed by atoms with van der Waals surface area (Å²) in [6.45, 7) is 10.3. The highest BCUT2D eigenvalue weighted by Crippen LogP contribution is 2.28. The molecule has 1 aromatic rings. The number of aromatic nitrogens is 1. The van der Waals surface area contributed by atoms with Crippen LogP contribution in [0.1, 0.15) is 51.0 Å². The average Bonchev–Trinajstić information content (AvgIpc) is 2.62. The van der Waals surface area contributed by atoms with Gasteiger partial charge in [0.15, 0.2) is 16.0 Å². The predicted molar refractivity (Wildman–Crippen MR) is 64.3 cm³/mol. The van der Waals surface area contributed by atoms with Crippen molar-refractivity contribution < 1.29 is 13.6 Å². The van der Waals surface area contributed by atoms with Crippen LogP contribution in [0.5, 0.6) is 0 Å². The minimum atomic E-state index is -0.684. The lowest BCUT2D eigenvalue weighted by Gasteiger charge is -2.27. The minimum absolute atomic E-state index is 0.220. The molecule has 0 aliphatic carbocycles. The standard InChI is InChI=1S/C11H19NO3Si/c1-10(2,3)16-15-11(4,5)9-12-8(6-13)7-14-9/h6-7H,16H2,1-5H3. The molecule has 1 rings (SSSR count). The quantitative estimate of drug-likeness (QED) is 0.598. The van der Waals surface area contributed by atoms with E-state index in [1.165, 1.54) is 6.26 Å². The summed E-state index contributed by atoms with van der Waals surface area (Å²) in [5.41, 5.74) is -0.245. The Morgan fingerprint density at radius 1 is 1.38 bits per heavy atom.